The molecule has 16 heavy (non-hydrogen) atoms. The molecule has 0 unspecified atom stereocenters. The van der Waals surface area contributed by atoms with Crippen LogP contribution in [0.1, 0.15) is 37.6 Å². The summed E-state index contributed by atoms with van der Waals surface area (Å²) < 4.78 is 2.18. The number of thiocarbonyl (C=S) groups is 1. The Balaban J connectivity index is 2.93. The lowest BCUT2D eigenvalue weighted by molar-refractivity contribution is 0.586. The Morgan fingerprint density at radius 2 is 1.94 bits per heavy atom. The molecule has 0 N–H and O–H groups in total. The van der Waals surface area contributed by atoms with E-state index in [0.29, 0.717) is 0 Å². The normalized spacial score (nSPS) is 12.0. The van der Waals surface area contributed by atoms with Gasteiger partial charge in [-0.25, -0.2) is 0 Å². The molecule has 2 aromatic heterocycles. The van der Waals surface area contributed by atoms with Crippen molar-refractivity contribution in [1.82, 2.24) is 4.40 Å². The first-order valence-corrected chi connectivity index (χ1v) is 5.99. The van der Waals surface area contributed by atoms with Crippen molar-refractivity contribution in [2.45, 2.75) is 33.1 Å². The van der Waals surface area contributed by atoms with Crippen LogP contribution in [0.2, 0.25) is 0 Å². The zero-order valence-corrected chi connectivity index (χ0v) is 11.1. The van der Waals surface area contributed by atoms with E-state index in [1.165, 1.54) is 16.6 Å². The van der Waals surface area contributed by atoms with Crippen molar-refractivity contribution >= 4 is 23.1 Å². The van der Waals surface area contributed by atoms with Gasteiger partial charge in [0.05, 0.1) is 5.69 Å². The van der Waals surface area contributed by atoms with Crippen LogP contribution in [-0.2, 0) is 5.41 Å². The first-order chi connectivity index (χ1) is 7.46. The molecule has 0 radical (unpaired) electrons. The quantitative estimate of drug-likeness (QED) is 0.674. The number of nitrogens with zero attached hydrogens (tertiary/aromatic N) is 1. The number of fused-ring (bicyclic) bond motifs is 1. The standard InChI is InChI=1S/C14H17NS/c1-10-11-7-5-6-8-15(11)12(9-16)13(10)14(2,3)4/h5-9H,1-4H3. The lowest BCUT2D eigenvalue weighted by atomic mass is 9.84. The van der Waals surface area contributed by atoms with Crippen molar-refractivity contribution in [3.8, 4) is 0 Å². The van der Waals surface area contributed by atoms with Gasteiger partial charge < -0.3 is 4.40 Å². The monoisotopic (exact) mass is 231 g/mol. The number of aromatic nitrogens is 1. The van der Waals surface area contributed by atoms with Crippen LogP contribution in [0.3, 0.4) is 0 Å². The summed E-state index contributed by atoms with van der Waals surface area (Å²) >= 11 is 5.17. The summed E-state index contributed by atoms with van der Waals surface area (Å²) in [6.45, 7) is 8.88. The fourth-order valence-corrected chi connectivity index (χ4v) is 2.69. The summed E-state index contributed by atoms with van der Waals surface area (Å²) in [7, 11) is 0. The Morgan fingerprint density at radius 1 is 1.25 bits per heavy atom. The molecule has 0 atom stereocenters. The highest BCUT2D eigenvalue weighted by molar-refractivity contribution is 7.79. The predicted molar refractivity (Wildman–Crippen MR) is 73.6 cm³/mol. The highest BCUT2D eigenvalue weighted by Gasteiger charge is 2.23. The molecule has 2 aromatic rings. The molecule has 84 valence electrons. The van der Waals surface area contributed by atoms with Crippen LogP contribution in [0, 0.1) is 6.92 Å². The van der Waals surface area contributed by atoms with Crippen molar-refractivity contribution < 1.29 is 0 Å². The molecule has 1 nitrogen and oxygen atoms in total. The minimum absolute atomic E-state index is 0.126. The Bertz CT molecular complexity index is 544. The minimum atomic E-state index is 0.126. The molecule has 2 heterocycles. The maximum atomic E-state index is 5.17. The summed E-state index contributed by atoms with van der Waals surface area (Å²) in [4.78, 5) is 0. The molecule has 0 bridgehead atoms. The molecule has 2 heteroatoms. The average Bonchev–Trinajstić information content (AvgIpc) is 2.51. The summed E-state index contributed by atoms with van der Waals surface area (Å²) in [5, 5.41) is 1.79. The molecule has 0 saturated carbocycles. The van der Waals surface area contributed by atoms with Crippen LogP contribution in [0.25, 0.3) is 5.52 Å². The van der Waals surface area contributed by atoms with E-state index in [1.54, 1.807) is 5.37 Å². The van der Waals surface area contributed by atoms with Crippen molar-refractivity contribution in [3.05, 3.63) is 41.2 Å². The van der Waals surface area contributed by atoms with E-state index in [0.717, 1.165) is 5.69 Å². The smallest absolute Gasteiger partial charge is 0.0603 e. The van der Waals surface area contributed by atoms with Gasteiger partial charge in [0.2, 0.25) is 0 Å². The zero-order valence-electron chi connectivity index (χ0n) is 10.2. The lowest BCUT2D eigenvalue weighted by Crippen LogP contribution is -2.14. The highest BCUT2D eigenvalue weighted by Crippen LogP contribution is 2.32. The van der Waals surface area contributed by atoms with Crippen LogP contribution < -0.4 is 0 Å². The van der Waals surface area contributed by atoms with Gasteiger partial charge in [0, 0.05) is 17.1 Å². The maximum Gasteiger partial charge on any atom is 0.0603 e. The molecule has 0 saturated heterocycles. The van der Waals surface area contributed by atoms with Crippen molar-refractivity contribution in [2.75, 3.05) is 0 Å². The minimum Gasteiger partial charge on any atom is -0.316 e. The fourth-order valence-electron chi connectivity index (χ4n) is 2.46. The first-order valence-electron chi connectivity index (χ1n) is 5.52. The van der Waals surface area contributed by atoms with Gasteiger partial charge in [0.1, 0.15) is 0 Å². The van der Waals surface area contributed by atoms with Gasteiger partial charge in [0.15, 0.2) is 0 Å². The summed E-state index contributed by atoms with van der Waals surface area (Å²) in [6.07, 6.45) is 2.08. The van der Waals surface area contributed by atoms with E-state index >= 15 is 0 Å². The zero-order chi connectivity index (χ0) is 11.9. The molecule has 0 amide bonds. The number of hydrogen-bond donors (Lipinski definition) is 0. The average molecular weight is 231 g/mol. The largest absolute Gasteiger partial charge is 0.316 e. The second-order valence-electron chi connectivity index (χ2n) is 5.21. The fraction of sp³-hybridized carbons (Fsp3) is 0.357. The van der Waals surface area contributed by atoms with Gasteiger partial charge in [-0.05, 0) is 35.6 Å². The van der Waals surface area contributed by atoms with Crippen molar-refractivity contribution in [2.24, 2.45) is 0 Å². The Morgan fingerprint density at radius 3 is 2.50 bits per heavy atom. The number of pyridine rings is 1. The molecule has 0 spiro atoms. The Hall–Kier alpha value is -1.15. The summed E-state index contributed by atoms with van der Waals surface area (Å²) in [5.74, 6) is 0. The van der Waals surface area contributed by atoms with Gasteiger partial charge in [-0.1, -0.05) is 39.1 Å². The molecule has 0 aliphatic heterocycles. The van der Waals surface area contributed by atoms with Crippen LogP contribution in [0.15, 0.2) is 24.4 Å². The Kier molecular flexibility index (Phi) is 2.62. The van der Waals surface area contributed by atoms with E-state index in [1.807, 2.05) is 6.07 Å². The van der Waals surface area contributed by atoms with Crippen molar-refractivity contribution in [3.63, 3.8) is 0 Å². The number of hydrogen-bond acceptors (Lipinski definition) is 1. The third-order valence-corrected chi connectivity index (χ3v) is 3.22. The molecule has 0 aliphatic rings. The highest BCUT2D eigenvalue weighted by atomic mass is 32.1. The second kappa shape index (κ2) is 3.70. The first kappa shape index (κ1) is 11.3. The molecule has 0 aromatic carbocycles. The number of aryl methyl sites for hydroxylation is 1. The van der Waals surface area contributed by atoms with E-state index in [2.05, 4.69) is 50.4 Å². The van der Waals surface area contributed by atoms with E-state index in [-0.39, 0.29) is 5.41 Å². The van der Waals surface area contributed by atoms with E-state index < -0.39 is 0 Å². The SMILES string of the molecule is Cc1c(C(C)(C)C)c(C=S)n2ccccc12. The van der Waals surface area contributed by atoms with Gasteiger partial charge in [-0.3, -0.25) is 0 Å². The van der Waals surface area contributed by atoms with E-state index in [9.17, 15) is 0 Å². The molecule has 0 aliphatic carbocycles. The molecular weight excluding hydrogens is 214 g/mol. The summed E-state index contributed by atoms with van der Waals surface area (Å²) in [5.41, 5.74) is 5.22. The lowest BCUT2D eigenvalue weighted by Gasteiger charge is -2.20. The Labute approximate surface area is 102 Å². The van der Waals surface area contributed by atoms with Gasteiger partial charge in [0.25, 0.3) is 0 Å². The van der Waals surface area contributed by atoms with Gasteiger partial charge >= 0.3 is 0 Å². The molecular formula is C14H17NS. The molecule has 0 fully saturated rings. The van der Waals surface area contributed by atoms with Crippen LogP contribution in [0.5, 0.6) is 0 Å². The van der Waals surface area contributed by atoms with Crippen LogP contribution in [-0.4, -0.2) is 9.77 Å². The van der Waals surface area contributed by atoms with E-state index in [4.69, 9.17) is 12.2 Å². The topological polar surface area (TPSA) is 4.41 Å². The van der Waals surface area contributed by atoms with Gasteiger partial charge in [-0.15, -0.1) is 0 Å². The van der Waals surface area contributed by atoms with Crippen molar-refractivity contribution in [1.29, 1.82) is 0 Å². The third-order valence-electron chi connectivity index (χ3n) is 3.00. The van der Waals surface area contributed by atoms with Crippen LogP contribution in [0.4, 0.5) is 0 Å². The van der Waals surface area contributed by atoms with Gasteiger partial charge in [-0.2, -0.15) is 0 Å². The maximum absolute atomic E-state index is 5.17. The predicted octanol–water partition coefficient (Wildman–Crippen LogP) is 3.89. The number of rotatable bonds is 1. The summed E-state index contributed by atoms with van der Waals surface area (Å²) in [6, 6.07) is 6.26. The third kappa shape index (κ3) is 1.57. The molecule has 2 rings (SSSR count). The second-order valence-corrected chi connectivity index (χ2v) is 5.44. The van der Waals surface area contributed by atoms with Crippen LogP contribution >= 0.6 is 12.2 Å².